The van der Waals surface area contributed by atoms with Crippen LogP contribution in [0.2, 0.25) is 0 Å². The van der Waals surface area contributed by atoms with Gasteiger partial charge in [0.25, 0.3) is 5.92 Å². The van der Waals surface area contributed by atoms with Crippen molar-refractivity contribution in [1.82, 2.24) is 24.4 Å². The van der Waals surface area contributed by atoms with Crippen molar-refractivity contribution >= 4 is 33.7 Å². The van der Waals surface area contributed by atoms with Gasteiger partial charge in [-0.15, -0.1) is 0 Å². The third-order valence-electron chi connectivity index (χ3n) is 8.79. The maximum atomic E-state index is 14.6. The van der Waals surface area contributed by atoms with Gasteiger partial charge in [-0.25, -0.2) is 28.3 Å². The van der Waals surface area contributed by atoms with Crippen LogP contribution in [0.3, 0.4) is 0 Å². The number of anilines is 1. The highest BCUT2D eigenvalue weighted by atomic mass is 32.2. The second-order valence-electron chi connectivity index (χ2n) is 13.8. The van der Waals surface area contributed by atoms with E-state index in [1.165, 1.54) is 23.0 Å². The minimum atomic E-state index is -4.76. The molecule has 6 rings (SSSR count). The molecule has 4 heterocycles. The summed E-state index contributed by atoms with van der Waals surface area (Å²) in [5.74, 6) is -2.70. The molecule has 3 aromatic rings. The van der Waals surface area contributed by atoms with Gasteiger partial charge in [0.1, 0.15) is 17.5 Å². The molecule has 266 valence electrons. The van der Waals surface area contributed by atoms with E-state index in [-0.39, 0.29) is 59.4 Å². The number of allylic oxidation sites excluding steroid dienone is 2. The number of ether oxygens (including phenoxy) is 2. The number of carbonyl (C=O) groups is 1. The van der Waals surface area contributed by atoms with Crippen molar-refractivity contribution in [2.45, 2.75) is 101 Å². The zero-order chi connectivity index (χ0) is 35.5. The number of aromatic nitrogens is 4. The molecule has 1 aliphatic carbocycles. The molecule has 2 aliphatic heterocycles. The number of hydrogen-bond acceptors (Lipinski definition) is 8. The number of amides is 1. The van der Waals surface area contributed by atoms with Gasteiger partial charge in [-0.3, -0.25) is 9.47 Å². The number of piperazine rings is 1. The highest BCUT2D eigenvalue weighted by Gasteiger charge is 2.41. The zero-order valence-electron chi connectivity index (χ0n) is 27.8. The van der Waals surface area contributed by atoms with E-state index in [4.69, 9.17) is 9.47 Å². The Morgan fingerprint density at radius 3 is 2.31 bits per heavy atom. The molecule has 1 amide bonds. The van der Waals surface area contributed by atoms with Crippen molar-refractivity contribution in [3.63, 3.8) is 0 Å². The summed E-state index contributed by atoms with van der Waals surface area (Å²) in [6, 6.07) is 2.80. The fraction of sp³-hybridized carbons (Fsp3) is 0.545. The summed E-state index contributed by atoms with van der Waals surface area (Å²) in [7, 11) is -1.68. The Kier molecular flexibility index (Phi) is 9.07. The molecule has 1 fully saturated rings. The average molecular weight is 711 g/mol. The topological polar surface area (TPSA) is 103 Å². The molecule has 0 radical (unpaired) electrons. The number of hydrogen-bond donors (Lipinski definition) is 1. The molecular weight excluding hydrogens is 671 g/mol. The van der Waals surface area contributed by atoms with Crippen LogP contribution >= 0.6 is 10.9 Å². The molecule has 0 spiro atoms. The smallest absolute Gasteiger partial charge is 0.416 e. The van der Waals surface area contributed by atoms with Crippen LogP contribution in [-0.2, 0) is 17.5 Å². The standard InChI is InChI=1S/C33H39F5N6O4S/c1-19-15-42(16-20(2)44(19)30(46)48-31(3,4)5)27-24-13-21(33(36,37)38)14-25-26(24)43(29(45)41-27)17-22(47-28-39-11-6-12-40-28)18-49(25)23-7-9-32(34,35)10-8-23/h6-7,11-14,19-20,22,49H,8-10,15-18H2,1-5H3/t19-,20+,22-/m0/s1. The summed E-state index contributed by atoms with van der Waals surface area (Å²) >= 11 is 0. The van der Waals surface area contributed by atoms with Crippen LogP contribution in [0.5, 0.6) is 6.01 Å². The van der Waals surface area contributed by atoms with Crippen LogP contribution in [-0.4, -0.2) is 79.1 Å². The Morgan fingerprint density at radius 1 is 1.04 bits per heavy atom. The lowest BCUT2D eigenvalue weighted by Gasteiger charge is -2.45. The van der Waals surface area contributed by atoms with Crippen LogP contribution in [0.15, 0.2) is 51.3 Å². The molecule has 1 unspecified atom stereocenters. The summed E-state index contributed by atoms with van der Waals surface area (Å²) in [4.78, 5) is 43.8. The van der Waals surface area contributed by atoms with E-state index in [9.17, 15) is 31.5 Å². The van der Waals surface area contributed by atoms with Crippen molar-refractivity contribution < 1.29 is 36.2 Å². The molecule has 0 bridgehead atoms. The van der Waals surface area contributed by atoms with Crippen molar-refractivity contribution in [3.8, 4) is 6.01 Å². The number of carbonyl (C=O) groups excluding carboxylic acids is 1. The van der Waals surface area contributed by atoms with Crippen molar-refractivity contribution in [2.75, 3.05) is 23.7 Å². The molecule has 2 aromatic heterocycles. The second kappa shape index (κ2) is 12.7. The summed E-state index contributed by atoms with van der Waals surface area (Å²) < 4.78 is 85.5. The van der Waals surface area contributed by atoms with Gasteiger partial charge >= 0.3 is 24.0 Å². The van der Waals surface area contributed by atoms with Crippen LogP contribution in [0.25, 0.3) is 10.9 Å². The predicted octanol–water partition coefficient (Wildman–Crippen LogP) is 6.56. The monoisotopic (exact) mass is 710 g/mol. The number of alkyl halides is 5. The summed E-state index contributed by atoms with van der Waals surface area (Å²) in [5.41, 5.74) is -2.09. The molecule has 16 heteroatoms. The van der Waals surface area contributed by atoms with E-state index in [2.05, 4.69) is 15.0 Å². The molecule has 10 nitrogen and oxygen atoms in total. The first-order valence-electron chi connectivity index (χ1n) is 16.1. The SMILES string of the molecule is C[C@@H]1CN(c2nc(=O)n3c4c(cc(C(F)(F)F)cc24)[SH](C2=CCC(F)(F)CC2)C[C@@H](Oc2ncccn2)C3)C[C@H](C)N1C(=O)OC(C)(C)C. The quantitative estimate of drug-likeness (QED) is 0.240. The first kappa shape index (κ1) is 34.9. The molecule has 49 heavy (non-hydrogen) atoms. The van der Waals surface area contributed by atoms with Crippen LogP contribution in [0.1, 0.15) is 59.4 Å². The summed E-state index contributed by atoms with van der Waals surface area (Å²) in [6.45, 7) is 9.16. The number of thiol groups is 1. The molecular formula is C33H39F5N6O4S. The summed E-state index contributed by atoms with van der Waals surface area (Å²) in [6.07, 6.45) is -2.62. The van der Waals surface area contributed by atoms with Gasteiger partial charge in [0.2, 0.25) is 0 Å². The van der Waals surface area contributed by atoms with Crippen LogP contribution < -0.4 is 15.3 Å². The van der Waals surface area contributed by atoms with Gasteiger partial charge in [-0.1, -0.05) is 6.08 Å². The molecule has 0 saturated carbocycles. The average Bonchev–Trinajstić information content (AvgIpc) is 3.15. The molecule has 1 aromatic carbocycles. The third kappa shape index (κ3) is 7.33. The van der Waals surface area contributed by atoms with Crippen molar-refractivity contribution in [3.05, 3.63) is 57.6 Å². The van der Waals surface area contributed by atoms with Gasteiger partial charge in [0.15, 0.2) is 0 Å². The number of benzene rings is 1. The largest absolute Gasteiger partial charge is 0.457 e. The van der Waals surface area contributed by atoms with Gasteiger partial charge in [-0.05, 0) is 64.1 Å². The molecule has 0 N–H and O–H groups in total. The van der Waals surface area contributed by atoms with E-state index in [1.54, 1.807) is 50.5 Å². The van der Waals surface area contributed by atoms with E-state index in [1.807, 2.05) is 0 Å². The first-order valence-corrected chi connectivity index (χ1v) is 17.6. The molecule has 4 atom stereocenters. The number of halogens is 5. The van der Waals surface area contributed by atoms with Crippen LogP contribution in [0, 0.1) is 0 Å². The van der Waals surface area contributed by atoms with E-state index < -0.39 is 77.0 Å². The molecule has 1 saturated heterocycles. The van der Waals surface area contributed by atoms with Crippen LogP contribution in [0.4, 0.5) is 32.6 Å². The maximum Gasteiger partial charge on any atom is 0.416 e. The van der Waals surface area contributed by atoms with E-state index in [0.717, 1.165) is 12.1 Å². The lowest BCUT2D eigenvalue weighted by Crippen LogP contribution is -2.59. The van der Waals surface area contributed by atoms with Gasteiger partial charge in [0.05, 0.1) is 29.7 Å². The van der Waals surface area contributed by atoms with E-state index >= 15 is 0 Å². The van der Waals surface area contributed by atoms with Gasteiger partial charge in [0, 0.05) is 54.4 Å². The lowest BCUT2D eigenvalue weighted by molar-refractivity contribution is -0.137. The summed E-state index contributed by atoms with van der Waals surface area (Å²) in [5, 5.41) is 0.111. The molecule has 3 aliphatic rings. The second-order valence-corrected chi connectivity index (χ2v) is 16.1. The normalized spacial score (nSPS) is 25.1. The van der Waals surface area contributed by atoms with Gasteiger partial charge in [-0.2, -0.15) is 29.1 Å². The Morgan fingerprint density at radius 2 is 1.71 bits per heavy atom. The fourth-order valence-electron chi connectivity index (χ4n) is 6.76. The Labute approximate surface area is 282 Å². The van der Waals surface area contributed by atoms with E-state index in [0.29, 0.717) is 4.91 Å². The fourth-order valence-corrected chi connectivity index (χ4v) is 9.59. The Bertz CT molecular complexity index is 1820. The number of nitrogens with zero attached hydrogens (tertiary/aromatic N) is 6. The Hall–Kier alpha value is -3.95. The zero-order valence-corrected chi connectivity index (χ0v) is 28.7. The first-order chi connectivity index (χ1) is 22.9. The highest BCUT2D eigenvalue weighted by Crippen LogP contribution is 2.55. The Balaban J connectivity index is 1.51. The number of rotatable bonds is 4. The van der Waals surface area contributed by atoms with Crippen molar-refractivity contribution in [2.24, 2.45) is 0 Å². The highest BCUT2D eigenvalue weighted by molar-refractivity contribution is 8.20. The minimum Gasteiger partial charge on any atom is -0.457 e. The maximum absolute atomic E-state index is 14.6. The lowest BCUT2D eigenvalue weighted by atomic mass is 10.0. The third-order valence-corrected chi connectivity index (χ3v) is 11.6. The van der Waals surface area contributed by atoms with Crippen molar-refractivity contribution in [1.29, 1.82) is 0 Å². The van der Waals surface area contributed by atoms with Gasteiger partial charge < -0.3 is 14.4 Å². The minimum absolute atomic E-state index is 0.00513. The predicted molar refractivity (Wildman–Crippen MR) is 176 cm³/mol.